The van der Waals surface area contributed by atoms with Crippen LogP contribution < -0.4 is 10.2 Å². The van der Waals surface area contributed by atoms with Gasteiger partial charge in [-0.2, -0.15) is 0 Å². The van der Waals surface area contributed by atoms with Crippen LogP contribution in [0.1, 0.15) is 0 Å². The molecule has 0 fully saturated rings. The number of para-hydroxylation sites is 1. The third kappa shape index (κ3) is 3.63. The maximum absolute atomic E-state index is 13.6. The van der Waals surface area contributed by atoms with Crippen LogP contribution in [0.4, 0.5) is 26.1 Å². The summed E-state index contributed by atoms with van der Waals surface area (Å²) in [5.41, 5.74) is 0.980. The molecule has 1 aliphatic rings. The highest BCUT2D eigenvalue weighted by atomic mass is 32.2. The number of anilines is 3. The number of carbonyl (C=O) groups is 1. The van der Waals surface area contributed by atoms with Crippen LogP contribution in [-0.2, 0) is 11.3 Å². The standard InChI is InChI=1S/C18H15F2N5OS/c19-12-5-7-13(8-6-12)24-9-10-25-17(24)22-23-18(25)27-11-16(26)21-15-4-2-1-3-14(15)20/h1-8H,9-11H2,(H,21,26). The van der Waals surface area contributed by atoms with Crippen LogP contribution in [0.5, 0.6) is 0 Å². The van der Waals surface area contributed by atoms with Crippen LogP contribution in [0.3, 0.4) is 0 Å². The molecule has 2 aromatic carbocycles. The van der Waals surface area contributed by atoms with Gasteiger partial charge >= 0.3 is 0 Å². The van der Waals surface area contributed by atoms with Crippen molar-refractivity contribution in [1.29, 1.82) is 0 Å². The molecule has 0 unspecified atom stereocenters. The SMILES string of the molecule is O=C(CSc1nnc2n1CCN2c1ccc(F)cc1)Nc1ccccc1F. The minimum atomic E-state index is -0.478. The van der Waals surface area contributed by atoms with Crippen molar-refractivity contribution in [2.24, 2.45) is 0 Å². The van der Waals surface area contributed by atoms with E-state index in [1.807, 2.05) is 9.47 Å². The van der Waals surface area contributed by atoms with E-state index in [9.17, 15) is 13.6 Å². The molecule has 0 saturated carbocycles. The molecule has 0 radical (unpaired) electrons. The first-order valence-electron chi connectivity index (χ1n) is 8.25. The van der Waals surface area contributed by atoms with E-state index in [-0.39, 0.29) is 23.2 Å². The second-order valence-electron chi connectivity index (χ2n) is 5.88. The Balaban J connectivity index is 1.42. The van der Waals surface area contributed by atoms with Crippen molar-refractivity contribution in [2.75, 3.05) is 22.5 Å². The molecule has 4 rings (SSSR count). The number of benzene rings is 2. The maximum Gasteiger partial charge on any atom is 0.234 e. The third-order valence-electron chi connectivity index (χ3n) is 4.10. The van der Waals surface area contributed by atoms with Gasteiger partial charge in [0, 0.05) is 18.8 Å². The van der Waals surface area contributed by atoms with Gasteiger partial charge in [-0.1, -0.05) is 23.9 Å². The number of amides is 1. The van der Waals surface area contributed by atoms with E-state index in [4.69, 9.17) is 0 Å². The number of hydrogen-bond acceptors (Lipinski definition) is 5. The zero-order valence-corrected chi connectivity index (χ0v) is 14.9. The van der Waals surface area contributed by atoms with Gasteiger partial charge in [-0.25, -0.2) is 8.78 Å². The summed E-state index contributed by atoms with van der Waals surface area (Å²) in [4.78, 5) is 14.0. The van der Waals surface area contributed by atoms with Crippen molar-refractivity contribution in [3.8, 4) is 0 Å². The molecule has 3 aromatic rings. The fourth-order valence-corrected chi connectivity index (χ4v) is 3.59. The number of nitrogens with one attached hydrogen (secondary N) is 1. The predicted octanol–water partition coefficient (Wildman–Crippen LogP) is 3.44. The second-order valence-corrected chi connectivity index (χ2v) is 6.82. The van der Waals surface area contributed by atoms with E-state index in [1.165, 1.54) is 36.0 Å². The van der Waals surface area contributed by atoms with Crippen LogP contribution >= 0.6 is 11.8 Å². The van der Waals surface area contributed by atoms with Gasteiger partial charge in [0.1, 0.15) is 11.6 Å². The first kappa shape index (κ1) is 17.5. The number of thioether (sulfide) groups is 1. The molecule has 27 heavy (non-hydrogen) atoms. The van der Waals surface area contributed by atoms with Gasteiger partial charge in [-0.05, 0) is 36.4 Å². The molecule has 138 valence electrons. The van der Waals surface area contributed by atoms with Crippen LogP contribution in [0.15, 0.2) is 53.7 Å². The minimum Gasteiger partial charge on any atom is -0.323 e. The van der Waals surface area contributed by atoms with Crippen molar-refractivity contribution < 1.29 is 13.6 Å². The Morgan fingerprint density at radius 3 is 2.63 bits per heavy atom. The Morgan fingerprint density at radius 1 is 1.07 bits per heavy atom. The zero-order valence-electron chi connectivity index (χ0n) is 14.1. The molecule has 9 heteroatoms. The summed E-state index contributed by atoms with van der Waals surface area (Å²) >= 11 is 1.23. The van der Waals surface area contributed by atoms with Crippen LogP contribution in [0.25, 0.3) is 0 Å². The van der Waals surface area contributed by atoms with Crippen LogP contribution in [0.2, 0.25) is 0 Å². The lowest BCUT2D eigenvalue weighted by atomic mass is 10.3. The molecule has 0 atom stereocenters. The first-order chi connectivity index (χ1) is 13.1. The number of halogens is 2. The highest BCUT2D eigenvalue weighted by Gasteiger charge is 2.26. The summed E-state index contributed by atoms with van der Waals surface area (Å²) in [5, 5.41) is 11.5. The molecule has 0 aliphatic carbocycles. The molecule has 1 aliphatic heterocycles. The highest BCUT2D eigenvalue weighted by molar-refractivity contribution is 7.99. The van der Waals surface area contributed by atoms with Gasteiger partial charge in [0.2, 0.25) is 11.9 Å². The third-order valence-corrected chi connectivity index (χ3v) is 5.07. The fourth-order valence-electron chi connectivity index (χ4n) is 2.83. The summed E-state index contributed by atoms with van der Waals surface area (Å²) in [6.07, 6.45) is 0. The predicted molar refractivity (Wildman–Crippen MR) is 99.2 cm³/mol. The van der Waals surface area contributed by atoms with Gasteiger partial charge in [-0.3, -0.25) is 9.36 Å². The zero-order chi connectivity index (χ0) is 18.8. The molecule has 0 spiro atoms. The molecule has 1 amide bonds. The molecule has 1 aromatic heterocycles. The van der Waals surface area contributed by atoms with Gasteiger partial charge in [0.15, 0.2) is 5.16 Å². The molecule has 0 bridgehead atoms. The molecule has 1 N–H and O–H groups in total. The van der Waals surface area contributed by atoms with E-state index in [2.05, 4.69) is 15.5 Å². The van der Waals surface area contributed by atoms with E-state index in [0.717, 1.165) is 5.69 Å². The molecule has 0 saturated heterocycles. The van der Waals surface area contributed by atoms with Gasteiger partial charge < -0.3 is 10.2 Å². The Bertz CT molecular complexity index is 976. The van der Waals surface area contributed by atoms with Gasteiger partial charge in [-0.15, -0.1) is 10.2 Å². The molecule has 6 nitrogen and oxygen atoms in total. The van der Waals surface area contributed by atoms with E-state index >= 15 is 0 Å². The maximum atomic E-state index is 13.6. The molecular formula is C18H15F2N5OS. The van der Waals surface area contributed by atoms with Gasteiger partial charge in [0.25, 0.3) is 0 Å². The number of rotatable bonds is 5. The number of aromatic nitrogens is 3. The van der Waals surface area contributed by atoms with Crippen molar-refractivity contribution in [3.63, 3.8) is 0 Å². The Labute approximate surface area is 158 Å². The monoisotopic (exact) mass is 387 g/mol. The smallest absolute Gasteiger partial charge is 0.234 e. The van der Waals surface area contributed by atoms with E-state index in [1.54, 1.807) is 24.3 Å². The normalized spacial score (nSPS) is 12.9. The summed E-state index contributed by atoms with van der Waals surface area (Å²) in [6.45, 7) is 1.35. The lowest BCUT2D eigenvalue weighted by Gasteiger charge is -2.14. The second kappa shape index (κ2) is 7.36. The highest BCUT2D eigenvalue weighted by Crippen LogP contribution is 2.32. The summed E-state index contributed by atoms with van der Waals surface area (Å²) in [5.74, 6) is -0.358. The summed E-state index contributed by atoms with van der Waals surface area (Å²) < 4.78 is 28.6. The fraction of sp³-hybridized carbons (Fsp3) is 0.167. The topological polar surface area (TPSA) is 63.1 Å². The summed E-state index contributed by atoms with van der Waals surface area (Å²) in [7, 11) is 0. The first-order valence-corrected chi connectivity index (χ1v) is 9.24. The molecule has 2 heterocycles. The lowest BCUT2D eigenvalue weighted by molar-refractivity contribution is -0.113. The minimum absolute atomic E-state index is 0.0863. The van der Waals surface area contributed by atoms with Crippen LogP contribution in [0, 0.1) is 11.6 Å². The Kier molecular flexibility index (Phi) is 4.76. The van der Waals surface area contributed by atoms with E-state index in [0.29, 0.717) is 24.2 Å². The van der Waals surface area contributed by atoms with Gasteiger partial charge in [0.05, 0.1) is 11.4 Å². The van der Waals surface area contributed by atoms with Crippen molar-refractivity contribution >= 4 is 35.0 Å². The molecular weight excluding hydrogens is 372 g/mol. The van der Waals surface area contributed by atoms with E-state index < -0.39 is 5.82 Å². The lowest BCUT2D eigenvalue weighted by Crippen LogP contribution is -2.15. The van der Waals surface area contributed by atoms with Crippen molar-refractivity contribution in [3.05, 3.63) is 60.2 Å². The van der Waals surface area contributed by atoms with Crippen LogP contribution in [-0.4, -0.2) is 33.0 Å². The average Bonchev–Trinajstić information content (AvgIpc) is 3.25. The van der Waals surface area contributed by atoms with Crippen molar-refractivity contribution in [2.45, 2.75) is 11.7 Å². The Morgan fingerprint density at radius 2 is 1.85 bits per heavy atom. The number of hydrogen-bond donors (Lipinski definition) is 1. The Hall–Kier alpha value is -2.94. The largest absolute Gasteiger partial charge is 0.323 e. The number of nitrogens with zero attached hydrogens (tertiary/aromatic N) is 4. The average molecular weight is 387 g/mol. The quantitative estimate of drug-likeness (QED) is 0.680. The number of carbonyl (C=O) groups excluding carboxylic acids is 1. The number of fused-ring (bicyclic) bond motifs is 1. The summed E-state index contributed by atoms with van der Waals surface area (Å²) in [6, 6.07) is 12.2. The van der Waals surface area contributed by atoms with Crippen molar-refractivity contribution in [1.82, 2.24) is 14.8 Å².